The zero-order valence-corrected chi connectivity index (χ0v) is 10.00. The molecule has 81 valence electrons. The summed E-state index contributed by atoms with van der Waals surface area (Å²) in [4.78, 5) is 0. The molecule has 0 amide bonds. The Morgan fingerprint density at radius 1 is 1.06 bits per heavy atom. The molecule has 2 aromatic carbocycles. The zero-order valence-electron chi connectivity index (χ0n) is 8.41. The molecule has 2 aromatic rings. The highest BCUT2D eigenvalue weighted by atomic mass is 79.9. The number of rotatable bonds is 2. The van der Waals surface area contributed by atoms with Gasteiger partial charge in [-0.1, -0.05) is 22.0 Å². The van der Waals surface area contributed by atoms with Crippen LogP contribution in [0.15, 0.2) is 46.9 Å². The van der Waals surface area contributed by atoms with Crippen molar-refractivity contribution in [3.05, 3.63) is 65.2 Å². The van der Waals surface area contributed by atoms with Gasteiger partial charge in [0.15, 0.2) is 11.6 Å². The SMILES string of the molecule is [CH2]c1ccc(F)c(Oc2ccc(Br)cc2)c1. The van der Waals surface area contributed by atoms with Crippen LogP contribution in [0.1, 0.15) is 5.56 Å². The number of benzene rings is 2. The summed E-state index contributed by atoms with van der Waals surface area (Å²) in [5, 5.41) is 0. The fourth-order valence-corrected chi connectivity index (χ4v) is 1.52. The van der Waals surface area contributed by atoms with Gasteiger partial charge in [-0.05, 0) is 48.9 Å². The molecule has 0 aliphatic carbocycles. The average molecular weight is 280 g/mol. The molecule has 0 saturated heterocycles. The molecule has 1 nitrogen and oxygen atoms in total. The summed E-state index contributed by atoms with van der Waals surface area (Å²) in [7, 11) is 0. The van der Waals surface area contributed by atoms with Gasteiger partial charge in [0.25, 0.3) is 0 Å². The molecule has 0 saturated carbocycles. The fourth-order valence-electron chi connectivity index (χ4n) is 1.26. The van der Waals surface area contributed by atoms with Crippen LogP contribution in [0.25, 0.3) is 0 Å². The van der Waals surface area contributed by atoms with Gasteiger partial charge in [-0.3, -0.25) is 0 Å². The second-order valence-corrected chi connectivity index (χ2v) is 4.24. The van der Waals surface area contributed by atoms with Crippen molar-refractivity contribution >= 4 is 15.9 Å². The van der Waals surface area contributed by atoms with Crippen LogP contribution >= 0.6 is 15.9 Å². The second kappa shape index (κ2) is 4.66. The van der Waals surface area contributed by atoms with Gasteiger partial charge >= 0.3 is 0 Å². The lowest BCUT2D eigenvalue weighted by Gasteiger charge is -2.07. The molecule has 0 fully saturated rings. The predicted octanol–water partition coefficient (Wildman–Crippen LogP) is 4.56. The Bertz CT molecular complexity index is 494. The smallest absolute Gasteiger partial charge is 0.165 e. The first kappa shape index (κ1) is 11.1. The molecule has 0 unspecified atom stereocenters. The minimum Gasteiger partial charge on any atom is -0.454 e. The van der Waals surface area contributed by atoms with Crippen LogP contribution in [-0.2, 0) is 0 Å². The number of ether oxygens (including phenoxy) is 1. The summed E-state index contributed by atoms with van der Waals surface area (Å²) >= 11 is 3.32. The van der Waals surface area contributed by atoms with Crippen molar-refractivity contribution in [3.63, 3.8) is 0 Å². The minimum atomic E-state index is -0.393. The molecule has 3 heteroatoms. The van der Waals surface area contributed by atoms with Gasteiger partial charge in [-0.2, -0.15) is 0 Å². The van der Waals surface area contributed by atoms with Gasteiger partial charge in [0, 0.05) is 4.47 Å². The Morgan fingerprint density at radius 2 is 1.75 bits per heavy atom. The van der Waals surface area contributed by atoms with Crippen LogP contribution in [0, 0.1) is 12.7 Å². The molecule has 0 spiro atoms. The Labute approximate surface area is 102 Å². The van der Waals surface area contributed by atoms with Crippen molar-refractivity contribution in [2.75, 3.05) is 0 Å². The molecule has 16 heavy (non-hydrogen) atoms. The maximum absolute atomic E-state index is 13.4. The standard InChI is InChI=1S/C13H9BrFO/c1-9-2-7-12(15)13(8-9)16-11-5-3-10(14)4-6-11/h2-8H,1H2. The van der Waals surface area contributed by atoms with Crippen LogP contribution in [0.4, 0.5) is 4.39 Å². The quantitative estimate of drug-likeness (QED) is 0.783. The summed E-state index contributed by atoms with van der Waals surface area (Å²) in [6.45, 7) is 3.72. The molecule has 0 heterocycles. The first-order valence-corrected chi connectivity index (χ1v) is 5.49. The van der Waals surface area contributed by atoms with E-state index in [-0.39, 0.29) is 5.75 Å². The van der Waals surface area contributed by atoms with Crippen molar-refractivity contribution in [1.82, 2.24) is 0 Å². The summed E-state index contributed by atoms with van der Waals surface area (Å²) in [5.74, 6) is 0.387. The van der Waals surface area contributed by atoms with Gasteiger partial charge < -0.3 is 4.74 Å². The molecule has 0 bridgehead atoms. The van der Waals surface area contributed by atoms with E-state index in [1.807, 2.05) is 12.1 Å². The molecule has 1 radical (unpaired) electrons. The lowest BCUT2D eigenvalue weighted by Crippen LogP contribution is -1.88. The van der Waals surface area contributed by atoms with Crippen molar-refractivity contribution in [2.45, 2.75) is 0 Å². The van der Waals surface area contributed by atoms with Crippen LogP contribution < -0.4 is 4.74 Å². The normalized spacial score (nSPS) is 10.2. The third-order valence-corrected chi connectivity index (χ3v) is 2.57. The summed E-state index contributed by atoms with van der Waals surface area (Å²) in [6, 6.07) is 11.7. The van der Waals surface area contributed by atoms with E-state index in [2.05, 4.69) is 22.9 Å². The zero-order chi connectivity index (χ0) is 11.5. The number of halogens is 2. The Morgan fingerprint density at radius 3 is 2.44 bits per heavy atom. The maximum Gasteiger partial charge on any atom is 0.165 e. The predicted molar refractivity (Wildman–Crippen MR) is 65.1 cm³/mol. The van der Waals surface area contributed by atoms with E-state index in [1.54, 1.807) is 24.3 Å². The van der Waals surface area contributed by atoms with E-state index in [0.29, 0.717) is 11.3 Å². The van der Waals surface area contributed by atoms with Crippen molar-refractivity contribution in [3.8, 4) is 11.5 Å². The minimum absolute atomic E-state index is 0.190. The van der Waals surface area contributed by atoms with Crippen LogP contribution in [-0.4, -0.2) is 0 Å². The highest BCUT2D eigenvalue weighted by Crippen LogP contribution is 2.26. The van der Waals surface area contributed by atoms with E-state index in [9.17, 15) is 4.39 Å². The Kier molecular flexibility index (Phi) is 3.25. The van der Waals surface area contributed by atoms with E-state index in [1.165, 1.54) is 6.07 Å². The van der Waals surface area contributed by atoms with Crippen LogP contribution in [0.3, 0.4) is 0 Å². The van der Waals surface area contributed by atoms with Gasteiger partial charge in [0.05, 0.1) is 0 Å². The van der Waals surface area contributed by atoms with Gasteiger partial charge in [-0.15, -0.1) is 0 Å². The first-order chi connectivity index (χ1) is 7.65. The number of hydrogen-bond acceptors (Lipinski definition) is 1. The fraction of sp³-hybridized carbons (Fsp3) is 0. The van der Waals surface area contributed by atoms with Crippen LogP contribution in [0.2, 0.25) is 0 Å². The molecule has 0 aliphatic heterocycles. The second-order valence-electron chi connectivity index (χ2n) is 3.32. The lowest BCUT2D eigenvalue weighted by molar-refractivity contribution is 0.442. The van der Waals surface area contributed by atoms with Gasteiger partial charge in [0.2, 0.25) is 0 Å². The monoisotopic (exact) mass is 279 g/mol. The Hall–Kier alpha value is -1.35. The highest BCUT2D eigenvalue weighted by molar-refractivity contribution is 9.10. The largest absolute Gasteiger partial charge is 0.454 e. The molecule has 2 rings (SSSR count). The summed E-state index contributed by atoms with van der Waals surface area (Å²) in [6.07, 6.45) is 0. The third-order valence-electron chi connectivity index (χ3n) is 2.04. The average Bonchev–Trinajstić information content (AvgIpc) is 2.27. The maximum atomic E-state index is 13.4. The molecule has 0 aliphatic rings. The summed E-state index contributed by atoms with van der Waals surface area (Å²) in [5.41, 5.74) is 0.716. The van der Waals surface area contributed by atoms with Crippen molar-refractivity contribution in [1.29, 1.82) is 0 Å². The van der Waals surface area contributed by atoms with E-state index in [4.69, 9.17) is 4.74 Å². The van der Waals surface area contributed by atoms with Crippen LogP contribution in [0.5, 0.6) is 11.5 Å². The van der Waals surface area contributed by atoms with Crippen molar-refractivity contribution in [2.24, 2.45) is 0 Å². The first-order valence-electron chi connectivity index (χ1n) is 4.70. The lowest BCUT2D eigenvalue weighted by atomic mass is 10.2. The highest BCUT2D eigenvalue weighted by Gasteiger charge is 2.04. The molecule has 0 atom stereocenters. The molecular weight excluding hydrogens is 271 g/mol. The molecule has 0 N–H and O–H groups in total. The van der Waals surface area contributed by atoms with Gasteiger partial charge in [0.1, 0.15) is 5.75 Å². The van der Waals surface area contributed by atoms with E-state index in [0.717, 1.165) is 4.47 Å². The van der Waals surface area contributed by atoms with E-state index >= 15 is 0 Å². The Balaban J connectivity index is 2.26. The summed E-state index contributed by atoms with van der Waals surface area (Å²) < 4.78 is 19.7. The van der Waals surface area contributed by atoms with Crippen molar-refractivity contribution < 1.29 is 9.13 Å². The van der Waals surface area contributed by atoms with E-state index < -0.39 is 5.82 Å². The molecule has 0 aromatic heterocycles. The third kappa shape index (κ3) is 2.61. The van der Waals surface area contributed by atoms with Gasteiger partial charge in [-0.25, -0.2) is 4.39 Å². The topological polar surface area (TPSA) is 9.23 Å². The molecular formula is C13H9BrFO. The number of hydrogen-bond donors (Lipinski definition) is 0.